The van der Waals surface area contributed by atoms with Gasteiger partial charge in [0.1, 0.15) is 23.8 Å². The van der Waals surface area contributed by atoms with E-state index in [-0.39, 0.29) is 23.9 Å². The molecule has 3 aromatic carbocycles. The van der Waals surface area contributed by atoms with E-state index in [1.807, 2.05) is 74.5 Å². The van der Waals surface area contributed by atoms with Crippen LogP contribution in [0.2, 0.25) is 5.02 Å². The Morgan fingerprint density at radius 1 is 1.04 bits per heavy atom. The van der Waals surface area contributed by atoms with Crippen molar-refractivity contribution in [1.29, 1.82) is 0 Å². The van der Waals surface area contributed by atoms with E-state index in [0.29, 0.717) is 65.6 Å². The molecule has 0 atom stereocenters. The van der Waals surface area contributed by atoms with Gasteiger partial charge in [0.25, 0.3) is 5.91 Å². The molecule has 9 nitrogen and oxygen atoms in total. The zero-order chi connectivity index (χ0) is 32.4. The van der Waals surface area contributed by atoms with Gasteiger partial charge in [0.15, 0.2) is 5.69 Å². The maximum Gasteiger partial charge on any atom is 0.352 e. The number of hydrogen-bond donors (Lipinski definition) is 3. The van der Waals surface area contributed by atoms with Gasteiger partial charge >= 0.3 is 5.97 Å². The zero-order valence-electron chi connectivity index (χ0n) is 26.2. The minimum Gasteiger partial charge on any atom is -0.494 e. The molecule has 0 aliphatic heterocycles. The summed E-state index contributed by atoms with van der Waals surface area (Å²) in [7, 11) is 1.79. The Bertz CT molecular complexity index is 1890. The normalized spacial score (nSPS) is 12.8. The van der Waals surface area contributed by atoms with Gasteiger partial charge in [0.05, 0.1) is 17.8 Å². The van der Waals surface area contributed by atoms with E-state index < -0.39 is 5.97 Å². The SMILES string of the molecule is Cc1cc(OCCCc2c(C(=O)O)[nH]c3c(-c4c(C(=O)NCC5CC5)nn(C)c4COc4ccccc4)cccc23)cc(C)c1Cl. The Balaban J connectivity index is 1.34. The van der Waals surface area contributed by atoms with Crippen molar-refractivity contribution in [3.63, 3.8) is 0 Å². The molecule has 3 N–H and O–H groups in total. The number of carbonyl (C=O) groups excluding carboxylic acids is 1. The van der Waals surface area contributed by atoms with Gasteiger partial charge in [0, 0.05) is 35.1 Å². The van der Waals surface area contributed by atoms with Crippen LogP contribution >= 0.6 is 11.6 Å². The standard InChI is InChI=1S/C36H37ClN4O5/c1-21-17-25(18-22(2)31(21)37)45-16-8-13-27-26-11-7-12-28(32(26)39-33(27)36(43)44)30-29(20-46-24-9-5-4-6-10-24)41(3)40-34(30)35(42)38-19-23-14-15-23/h4-7,9-12,17-18,23,39H,8,13-16,19-20H2,1-3H3,(H,38,42)(H,43,44). The lowest BCUT2D eigenvalue weighted by molar-refractivity contribution is 0.0690. The molecular weight excluding hydrogens is 604 g/mol. The number of carboxylic acid groups (broad SMARTS) is 1. The van der Waals surface area contributed by atoms with Crippen LogP contribution in [0.3, 0.4) is 0 Å². The Morgan fingerprint density at radius 3 is 2.48 bits per heavy atom. The summed E-state index contributed by atoms with van der Waals surface area (Å²) in [5, 5.41) is 19.4. The minimum absolute atomic E-state index is 0.117. The topological polar surface area (TPSA) is 118 Å². The summed E-state index contributed by atoms with van der Waals surface area (Å²) in [6.07, 6.45) is 3.29. The van der Waals surface area contributed by atoms with E-state index in [4.69, 9.17) is 21.1 Å². The van der Waals surface area contributed by atoms with E-state index in [9.17, 15) is 14.7 Å². The molecule has 238 valence electrons. The highest BCUT2D eigenvalue weighted by atomic mass is 35.5. The Hall–Kier alpha value is -4.76. The van der Waals surface area contributed by atoms with Gasteiger partial charge in [-0.15, -0.1) is 0 Å². The van der Waals surface area contributed by atoms with Crippen LogP contribution in [-0.4, -0.2) is 44.9 Å². The maximum absolute atomic E-state index is 13.5. The summed E-state index contributed by atoms with van der Waals surface area (Å²) in [4.78, 5) is 29.2. The fourth-order valence-electron chi connectivity index (χ4n) is 5.83. The molecular formula is C36H37ClN4O5. The van der Waals surface area contributed by atoms with Crippen molar-refractivity contribution in [1.82, 2.24) is 20.1 Å². The average molecular weight is 641 g/mol. The highest BCUT2D eigenvalue weighted by Crippen LogP contribution is 2.37. The predicted molar refractivity (Wildman–Crippen MR) is 178 cm³/mol. The van der Waals surface area contributed by atoms with E-state index >= 15 is 0 Å². The predicted octanol–water partition coefficient (Wildman–Crippen LogP) is 7.27. The number of hydrogen-bond acceptors (Lipinski definition) is 5. The molecule has 5 aromatic rings. The number of amides is 1. The van der Waals surface area contributed by atoms with Gasteiger partial charge in [-0.05, 0) is 86.4 Å². The van der Waals surface area contributed by atoms with Crippen LogP contribution < -0.4 is 14.8 Å². The number of aromatic nitrogens is 3. The molecule has 0 unspecified atom stereocenters. The number of carbonyl (C=O) groups is 2. The quantitative estimate of drug-likeness (QED) is 0.117. The first-order valence-corrected chi connectivity index (χ1v) is 15.9. The molecule has 1 saturated carbocycles. The first-order valence-electron chi connectivity index (χ1n) is 15.5. The molecule has 1 aliphatic carbocycles. The molecule has 0 bridgehead atoms. The van der Waals surface area contributed by atoms with Crippen molar-refractivity contribution >= 4 is 34.4 Å². The van der Waals surface area contributed by atoms with Gasteiger partial charge in [0.2, 0.25) is 0 Å². The third-order valence-electron chi connectivity index (χ3n) is 8.42. The molecule has 1 fully saturated rings. The lowest BCUT2D eigenvalue weighted by Crippen LogP contribution is -2.26. The molecule has 2 heterocycles. The summed E-state index contributed by atoms with van der Waals surface area (Å²) in [5.41, 5.74) is 5.58. The van der Waals surface area contributed by atoms with Crippen LogP contribution in [0.25, 0.3) is 22.0 Å². The molecule has 46 heavy (non-hydrogen) atoms. The van der Waals surface area contributed by atoms with Crippen molar-refractivity contribution in [3.8, 4) is 22.6 Å². The highest BCUT2D eigenvalue weighted by Gasteiger charge is 2.29. The van der Waals surface area contributed by atoms with Gasteiger partial charge in [-0.3, -0.25) is 9.48 Å². The number of aryl methyl sites for hydroxylation is 4. The van der Waals surface area contributed by atoms with Gasteiger partial charge < -0.3 is 24.9 Å². The Morgan fingerprint density at radius 2 is 1.78 bits per heavy atom. The van der Waals surface area contributed by atoms with Crippen molar-refractivity contribution in [2.75, 3.05) is 13.2 Å². The van der Waals surface area contributed by atoms with Crippen molar-refractivity contribution in [3.05, 3.63) is 99.5 Å². The summed E-state index contributed by atoms with van der Waals surface area (Å²) in [5.74, 6) is 0.599. The van der Waals surface area contributed by atoms with E-state index in [1.165, 1.54) is 0 Å². The molecule has 10 heteroatoms. The maximum atomic E-state index is 13.5. The first kappa shape index (κ1) is 31.2. The van der Waals surface area contributed by atoms with Crippen LogP contribution in [0.5, 0.6) is 11.5 Å². The number of aromatic carboxylic acids is 1. The number of halogens is 1. The largest absolute Gasteiger partial charge is 0.494 e. The second-order valence-electron chi connectivity index (χ2n) is 11.9. The van der Waals surface area contributed by atoms with Gasteiger partial charge in [-0.1, -0.05) is 48.0 Å². The second kappa shape index (κ2) is 13.3. The number of rotatable bonds is 13. The lowest BCUT2D eigenvalue weighted by atomic mass is 9.97. The monoisotopic (exact) mass is 640 g/mol. The summed E-state index contributed by atoms with van der Waals surface area (Å²) in [6, 6.07) is 18.9. The Labute approximate surface area is 272 Å². The second-order valence-corrected chi connectivity index (χ2v) is 12.3. The van der Waals surface area contributed by atoms with Crippen molar-refractivity contribution < 1.29 is 24.2 Å². The van der Waals surface area contributed by atoms with Crippen molar-refractivity contribution in [2.24, 2.45) is 13.0 Å². The average Bonchev–Trinajstić information content (AvgIpc) is 3.71. The number of ether oxygens (including phenoxy) is 2. The number of fused-ring (bicyclic) bond motifs is 1. The third kappa shape index (κ3) is 6.60. The number of nitrogens with zero attached hydrogens (tertiary/aromatic N) is 2. The van der Waals surface area contributed by atoms with Crippen LogP contribution in [0.1, 0.15) is 62.6 Å². The highest BCUT2D eigenvalue weighted by molar-refractivity contribution is 6.32. The molecule has 1 amide bonds. The molecule has 1 aliphatic rings. The number of benzene rings is 3. The van der Waals surface area contributed by atoms with Crippen molar-refractivity contribution in [2.45, 2.75) is 46.1 Å². The first-order chi connectivity index (χ1) is 22.2. The number of para-hydroxylation sites is 2. The fourth-order valence-corrected chi connectivity index (χ4v) is 5.94. The van der Waals surface area contributed by atoms with Crippen LogP contribution in [-0.2, 0) is 20.1 Å². The number of nitrogens with one attached hydrogen (secondary N) is 2. The van der Waals surface area contributed by atoms with Crippen LogP contribution in [0, 0.1) is 19.8 Å². The molecule has 0 saturated heterocycles. The number of carboxylic acids is 1. The minimum atomic E-state index is -1.05. The van der Waals surface area contributed by atoms with Gasteiger partial charge in [-0.2, -0.15) is 5.10 Å². The molecule has 0 radical (unpaired) electrons. The Kier molecular flexibility index (Phi) is 9.03. The number of aromatic amines is 1. The summed E-state index contributed by atoms with van der Waals surface area (Å²) < 4.78 is 13.8. The van der Waals surface area contributed by atoms with Crippen LogP contribution in [0.4, 0.5) is 0 Å². The van der Waals surface area contributed by atoms with Gasteiger partial charge in [-0.25, -0.2) is 4.79 Å². The zero-order valence-corrected chi connectivity index (χ0v) is 26.9. The smallest absolute Gasteiger partial charge is 0.352 e. The summed E-state index contributed by atoms with van der Waals surface area (Å²) in [6.45, 7) is 5.04. The van der Waals surface area contributed by atoms with Crippen LogP contribution in [0.15, 0.2) is 60.7 Å². The van der Waals surface area contributed by atoms with E-state index in [0.717, 1.165) is 40.1 Å². The third-order valence-corrected chi connectivity index (χ3v) is 9.02. The summed E-state index contributed by atoms with van der Waals surface area (Å²) >= 11 is 6.30. The van der Waals surface area contributed by atoms with E-state index in [2.05, 4.69) is 15.4 Å². The molecule has 2 aromatic heterocycles. The number of H-pyrrole nitrogens is 1. The lowest BCUT2D eigenvalue weighted by Gasteiger charge is -2.11. The fraction of sp³-hybridized carbons (Fsp3) is 0.306. The molecule has 0 spiro atoms. The molecule has 6 rings (SSSR count). The van der Waals surface area contributed by atoms with E-state index in [1.54, 1.807) is 11.7 Å².